The van der Waals surface area contributed by atoms with Gasteiger partial charge in [0, 0.05) is 67.5 Å². The number of benzene rings is 1. The van der Waals surface area contributed by atoms with Crippen molar-refractivity contribution < 1.29 is 0 Å². The van der Waals surface area contributed by atoms with Gasteiger partial charge in [-0.3, -0.25) is 9.69 Å². The molecule has 2 aliphatic rings. The molecular weight excluding hydrogens is 633 g/mol. The van der Waals surface area contributed by atoms with Gasteiger partial charge in [0.25, 0.3) is 0 Å². The number of fused-ring (bicyclic) bond motifs is 5. The lowest BCUT2D eigenvalue weighted by Gasteiger charge is -2.17. The van der Waals surface area contributed by atoms with Gasteiger partial charge in [-0.05, 0) is 112 Å². The number of aromatic nitrogens is 4. The molecule has 0 radical (unpaired) electrons. The van der Waals surface area contributed by atoms with E-state index < -0.39 is 0 Å². The van der Waals surface area contributed by atoms with Crippen LogP contribution in [0.15, 0.2) is 35.4 Å². The van der Waals surface area contributed by atoms with Crippen LogP contribution >= 0.6 is 22.7 Å². The molecule has 2 N–H and O–H groups in total. The molecule has 10 heteroatoms. The van der Waals surface area contributed by atoms with E-state index >= 15 is 0 Å². The molecule has 0 bridgehead atoms. The average molecular weight is 679 g/mol. The number of pyridine rings is 2. The van der Waals surface area contributed by atoms with E-state index in [0.717, 1.165) is 58.1 Å². The standard InChI is InChI=1S/C23H28N4S.C15H18N4S/c1-15-11-16(2)26-23-21(15)22(27(4)24-3)20(28-23)14-25-13-17-9-10-18-7-5-6-8-19(18)12-17;1-8-6-9(2)17-15-11(8)12-13(20-15)14(18-19(12)3)16-7-10-4-5-10/h9-12,25H,3,5-8,13-14H2,1-2,4H3;6,10H,4-5,7H2,1-3H3,(H,16,18). The van der Waals surface area contributed by atoms with Gasteiger partial charge in [-0.2, -0.15) is 10.2 Å². The summed E-state index contributed by atoms with van der Waals surface area (Å²) in [5.41, 5.74) is 11.5. The third-order valence-electron chi connectivity index (χ3n) is 9.60. The number of aryl methyl sites for hydroxylation is 7. The summed E-state index contributed by atoms with van der Waals surface area (Å²) in [5.74, 6) is 1.87. The van der Waals surface area contributed by atoms with Gasteiger partial charge < -0.3 is 10.6 Å². The molecule has 0 atom stereocenters. The first-order chi connectivity index (χ1) is 23.2. The van der Waals surface area contributed by atoms with Gasteiger partial charge in [-0.1, -0.05) is 18.2 Å². The summed E-state index contributed by atoms with van der Waals surface area (Å²) < 4.78 is 3.23. The van der Waals surface area contributed by atoms with E-state index in [1.165, 1.54) is 86.6 Å². The average Bonchev–Trinajstić information content (AvgIpc) is 3.59. The Morgan fingerprint density at radius 2 is 1.60 bits per heavy atom. The van der Waals surface area contributed by atoms with Crippen molar-refractivity contribution in [3.8, 4) is 0 Å². The lowest BCUT2D eigenvalue weighted by Crippen LogP contribution is -2.16. The Hall–Kier alpha value is -3.86. The lowest BCUT2D eigenvalue weighted by atomic mass is 9.90. The number of hydrogen-bond donors (Lipinski definition) is 2. The monoisotopic (exact) mass is 678 g/mol. The molecule has 5 aromatic heterocycles. The maximum Gasteiger partial charge on any atom is 0.166 e. The van der Waals surface area contributed by atoms with E-state index in [1.807, 2.05) is 23.8 Å². The van der Waals surface area contributed by atoms with Crippen molar-refractivity contribution in [1.29, 1.82) is 0 Å². The number of hydrogen-bond acceptors (Lipinski definition) is 9. The molecule has 250 valence electrons. The van der Waals surface area contributed by atoms with Crippen LogP contribution < -0.4 is 15.6 Å². The lowest BCUT2D eigenvalue weighted by molar-refractivity contribution is 0.674. The van der Waals surface area contributed by atoms with E-state index in [-0.39, 0.29) is 0 Å². The smallest absolute Gasteiger partial charge is 0.166 e. The highest BCUT2D eigenvalue weighted by molar-refractivity contribution is 7.26. The number of nitrogens with zero attached hydrogens (tertiary/aromatic N) is 6. The van der Waals surface area contributed by atoms with Crippen molar-refractivity contribution in [2.24, 2.45) is 18.1 Å². The molecule has 0 aliphatic heterocycles. The quantitative estimate of drug-likeness (QED) is 0.118. The van der Waals surface area contributed by atoms with Crippen LogP contribution in [0, 0.1) is 33.6 Å². The largest absolute Gasteiger partial charge is 0.367 e. The molecule has 8 rings (SSSR count). The molecule has 1 aromatic carbocycles. The molecule has 0 saturated heterocycles. The minimum Gasteiger partial charge on any atom is -0.367 e. The Bertz CT molecular complexity index is 2130. The zero-order valence-corrected chi connectivity index (χ0v) is 30.7. The predicted molar refractivity (Wildman–Crippen MR) is 205 cm³/mol. The number of anilines is 2. The molecule has 0 spiro atoms. The molecule has 6 aromatic rings. The number of thiophene rings is 2. The zero-order valence-electron chi connectivity index (χ0n) is 29.0. The third-order valence-corrected chi connectivity index (χ3v) is 11.8. The molecular formula is C38H46N8S2. The van der Waals surface area contributed by atoms with Crippen molar-refractivity contribution in [2.75, 3.05) is 23.9 Å². The number of rotatable bonds is 9. The first kappa shape index (κ1) is 32.7. The summed E-state index contributed by atoms with van der Waals surface area (Å²) in [6.45, 7) is 14.9. The molecule has 5 heterocycles. The van der Waals surface area contributed by atoms with E-state index in [1.54, 1.807) is 28.2 Å². The second kappa shape index (κ2) is 13.6. The van der Waals surface area contributed by atoms with Crippen molar-refractivity contribution in [3.63, 3.8) is 0 Å². The van der Waals surface area contributed by atoms with E-state index in [4.69, 9.17) is 4.98 Å². The highest BCUT2D eigenvalue weighted by Crippen LogP contribution is 2.40. The Balaban J connectivity index is 0.000000160. The van der Waals surface area contributed by atoms with Crippen molar-refractivity contribution in [2.45, 2.75) is 79.3 Å². The SMILES string of the molecule is C=NN(C)c1c(CNCc2ccc3c(c2)CCCC3)sc2nc(C)cc(C)c12.Cc1cc(C)c2c(n1)sc1c(NCC3CC3)nn(C)c12. The third kappa shape index (κ3) is 6.58. The Labute approximate surface area is 291 Å². The highest BCUT2D eigenvalue weighted by atomic mass is 32.1. The summed E-state index contributed by atoms with van der Waals surface area (Å²) in [6.07, 6.45) is 7.83. The molecule has 48 heavy (non-hydrogen) atoms. The van der Waals surface area contributed by atoms with Crippen molar-refractivity contribution in [1.82, 2.24) is 25.1 Å². The van der Waals surface area contributed by atoms with E-state index in [9.17, 15) is 0 Å². The van der Waals surface area contributed by atoms with E-state index in [0.29, 0.717) is 0 Å². The molecule has 1 saturated carbocycles. The predicted octanol–water partition coefficient (Wildman–Crippen LogP) is 8.76. The van der Waals surface area contributed by atoms with Gasteiger partial charge in [-0.25, -0.2) is 9.97 Å². The van der Waals surface area contributed by atoms with Crippen LogP contribution in [-0.2, 0) is 33.0 Å². The van der Waals surface area contributed by atoms with Crippen molar-refractivity contribution >= 4 is 71.5 Å². The Kier molecular flexibility index (Phi) is 9.24. The Morgan fingerprint density at radius 1 is 0.917 bits per heavy atom. The molecule has 1 fully saturated rings. The maximum atomic E-state index is 4.75. The Morgan fingerprint density at radius 3 is 2.31 bits per heavy atom. The summed E-state index contributed by atoms with van der Waals surface area (Å²) in [4.78, 5) is 12.9. The van der Waals surface area contributed by atoms with Gasteiger partial charge in [0.05, 0.1) is 15.9 Å². The second-order valence-corrected chi connectivity index (χ2v) is 15.6. The van der Waals surface area contributed by atoms with Crippen LogP contribution in [0.4, 0.5) is 11.5 Å². The van der Waals surface area contributed by atoms with Crippen LogP contribution in [0.25, 0.3) is 30.6 Å². The summed E-state index contributed by atoms with van der Waals surface area (Å²) >= 11 is 3.50. The molecule has 0 amide bonds. The topological polar surface area (TPSA) is 83.3 Å². The minimum atomic E-state index is 0.797. The van der Waals surface area contributed by atoms with E-state index in [2.05, 4.69) is 90.6 Å². The number of hydrazone groups is 1. The molecule has 0 unspecified atom stereocenters. The fourth-order valence-corrected chi connectivity index (χ4v) is 9.61. The maximum absolute atomic E-state index is 4.75. The molecule has 2 aliphatic carbocycles. The zero-order chi connectivity index (χ0) is 33.5. The van der Waals surface area contributed by atoms with Gasteiger partial charge in [0.1, 0.15) is 9.66 Å². The van der Waals surface area contributed by atoms with Crippen LogP contribution in [0.2, 0.25) is 0 Å². The number of nitrogens with one attached hydrogen (secondary N) is 2. The fourth-order valence-electron chi connectivity index (χ4n) is 7.04. The normalized spacial score (nSPS) is 14.3. The second-order valence-electron chi connectivity index (χ2n) is 13.6. The summed E-state index contributed by atoms with van der Waals surface area (Å²) in [5, 5.41) is 20.3. The fraction of sp³-hybridized carbons (Fsp3) is 0.421. The van der Waals surface area contributed by atoms with Crippen LogP contribution in [-0.4, -0.2) is 40.1 Å². The molecule has 8 nitrogen and oxygen atoms in total. The summed E-state index contributed by atoms with van der Waals surface area (Å²) in [7, 11) is 3.98. The van der Waals surface area contributed by atoms with Crippen LogP contribution in [0.3, 0.4) is 0 Å². The van der Waals surface area contributed by atoms with Crippen LogP contribution in [0.5, 0.6) is 0 Å². The summed E-state index contributed by atoms with van der Waals surface area (Å²) in [6, 6.07) is 11.3. The first-order valence-corrected chi connectivity index (χ1v) is 18.7. The van der Waals surface area contributed by atoms with Gasteiger partial charge in [0.15, 0.2) is 5.82 Å². The first-order valence-electron chi connectivity index (χ1n) is 17.1. The van der Waals surface area contributed by atoms with Crippen LogP contribution in [0.1, 0.15) is 69.8 Å². The highest BCUT2D eigenvalue weighted by Gasteiger charge is 2.23. The van der Waals surface area contributed by atoms with Gasteiger partial charge in [-0.15, -0.1) is 22.7 Å². The van der Waals surface area contributed by atoms with Gasteiger partial charge in [0.2, 0.25) is 0 Å². The minimum absolute atomic E-state index is 0.797. The van der Waals surface area contributed by atoms with Gasteiger partial charge >= 0.3 is 0 Å². The van der Waals surface area contributed by atoms with Crippen molar-refractivity contribution in [3.05, 3.63) is 74.4 Å².